The fourth-order valence-corrected chi connectivity index (χ4v) is 5.00. The molecule has 5 rings (SSSR count). The molecule has 0 bridgehead atoms. The van der Waals surface area contributed by atoms with Crippen molar-refractivity contribution in [2.45, 2.75) is 45.4 Å². The van der Waals surface area contributed by atoms with Crippen LogP contribution in [0.15, 0.2) is 66.7 Å². The summed E-state index contributed by atoms with van der Waals surface area (Å²) in [6.45, 7) is 1.51. The number of alkyl halides is 3. The van der Waals surface area contributed by atoms with Crippen molar-refractivity contribution in [2.24, 2.45) is 0 Å². The number of ether oxygens (including phenoxy) is 1. The molecule has 5 aromatic carbocycles. The van der Waals surface area contributed by atoms with E-state index in [0.717, 1.165) is 55.4 Å². The minimum Gasteiger partial charge on any atom is -0.489 e. The Balaban J connectivity index is 1.38. The van der Waals surface area contributed by atoms with Crippen molar-refractivity contribution in [1.29, 1.82) is 0 Å². The lowest BCUT2D eigenvalue weighted by molar-refractivity contribution is -0.0696. The fraction of sp³-hybridized carbons (Fsp3) is 0.200. The van der Waals surface area contributed by atoms with E-state index < -0.39 is 53.0 Å². The Morgan fingerprint density at radius 3 is 2.14 bits per heavy atom. The molecule has 0 N–H and O–H groups in total. The van der Waals surface area contributed by atoms with Gasteiger partial charge in [-0.3, -0.25) is 0 Å². The van der Waals surface area contributed by atoms with E-state index in [1.54, 1.807) is 12.1 Å². The van der Waals surface area contributed by atoms with Crippen molar-refractivity contribution in [1.82, 2.24) is 0 Å². The van der Waals surface area contributed by atoms with Crippen LogP contribution in [0, 0.1) is 40.9 Å². The Morgan fingerprint density at radius 2 is 1.41 bits per heavy atom. The smallest absolute Gasteiger partial charge is 0.458 e. The zero-order chi connectivity index (χ0) is 31.6. The standard InChI is InChI=1S/C35H24F8O/c1-2-3-4-5-20-6-9-25(30(36)14-20)21-7-10-26-22(15-21)17-32(38)29(34(26)40)19-44-24-8-11-27-23(16-24)18-31(37)28(33(27)39)12-13-35(41,42)43/h6-11,14-18H,2-5,19H2,1H3. The van der Waals surface area contributed by atoms with Gasteiger partial charge in [0.15, 0.2) is 0 Å². The van der Waals surface area contributed by atoms with Crippen LogP contribution >= 0.6 is 0 Å². The van der Waals surface area contributed by atoms with Crippen molar-refractivity contribution in [2.75, 3.05) is 0 Å². The Morgan fingerprint density at radius 1 is 0.705 bits per heavy atom. The minimum atomic E-state index is -4.93. The molecule has 226 valence electrons. The van der Waals surface area contributed by atoms with Gasteiger partial charge in [0.25, 0.3) is 0 Å². The van der Waals surface area contributed by atoms with E-state index >= 15 is 8.78 Å². The van der Waals surface area contributed by atoms with E-state index in [1.165, 1.54) is 36.3 Å². The van der Waals surface area contributed by atoms with Crippen molar-refractivity contribution in [3.05, 3.63) is 113 Å². The molecule has 0 aliphatic carbocycles. The van der Waals surface area contributed by atoms with Gasteiger partial charge >= 0.3 is 6.18 Å². The summed E-state index contributed by atoms with van der Waals surface area (Å²) in [6.07, 6.45) is -1.11. The average Bonchev–Trinajstić information content (AvgIpc) is 2.96. The third kappa shape index (κ3) is 6.65. The number of benzene rings is 5. The van der Waals surface area contributed by atoms with E-state index in [1.807, 2.05) is 6.07 Å². The molecule has 44 heavy (non-hydrogen) atoms. The van der Waals surface area contributed by atoms with E-state index in [2.05, 4.69) is 6.92 Å². The summed E-state index contributed by atoms with van der Waals surface area (Å²) in [7, 11) is 0. The van der Waals surface area contributed by atoms with Gasteiger partial charge in [-0.05, 0) is 77.2 Å². The van der Waals surface area contributed by atoms with Crippen molar-refractivity contribution in [3.8, 4) is 28.7 Å². The third-order valence-electron chi connectivity index (χ3n) is 7.25. The quantitative estimate of drug-likeness (QED) is 0.0963. The number of halogens is 8. The maximum atomic E-state index is 15.4. The highest BCUT2D eigenvalue weighted by Crippen LogP contribution is 2.32. The molecule has 0 saturated carbocycles. The summed E-state index contributed by atoms with van der Waals surface area (Å²) in [5.41, 5.74) is 0.213. The summed E-state index contributed by atoms with van der Waals surface area (Å²) >= 11 is 0. The van der Waals surface area contributed by atoms with Crippen molar-refractivity contribution < 1.29 is 39.9 Å². The van der Waals surface area contributed by atoms with Crippen LogP contribution in [0.4, 0.5) is 35.1 Å². The van der Waals surface area contributed by atoms with E-state index in [0.29, 0.717) is 11.1 Å². The van der Waals surface area contributed by atoms with Gasteiger partial charge in [-0.1, -0.05) is 50.0 Å². The van der Waals surface area contributed by atoms with Gasteiger partial charge in [0.05, 0.1) is 11.1 Å². The number of aryl methyl sites for hydroxylation is 1. The Hall–Kier alpha value is -4.58. The SMILES string of the molecule is CCCCCc1ccc(-c2ccc3c(F)c(COc4ccc5c(F)c(C#CC(F)(F)F)c(F)cc5c4)c(F)cc3c2)c(F)c1. The molecular formula is C35H24F8O. The molecule has 0 spiro atoms. The lowest BCUT2D eigenvalue weighted by Crippen LogP contribution is -2.04. The van der Waals surface area contributed by atoms with Gasteiger partial charge in [-0.25, -0.2) is 22.0 Å². The first kappa shape index (κ1) is 30.9. The second-order valence-corrected chi connectivity index (χ2v) is 10.3. The van der Waals surface area contributed by atoms with Gasteiger partial charge in [-0.15, -0.1) is 0 Å². The maximum Gasteiger partial charge on any atom is 0.458 e. The zero-order valence-electron chi connectivity index (χ0n) is 23.3. The second kappa shape index (κ2) is 12.6. The van der Waals surface area contributed by atoms with Crippen molar-refractivity contribution in [3.63, 3.8) is 0 Å². The van der Waals surface area contributed by atoms with Gasteiger partial charge in [-0.2, -0.15) is 13.2 Å². The van der Waals surface area contributed by atoms with Crippen LogP contribution in [0.1, 0.15) is 42.9 Å². The largest absolute Gasteiger partial charge is 0.489 e. The van der Waals surface area contributed by atoms with Gasteiger partial charge in [0, 0.05) is 22.3 Å². The highest BCUT2D eigenvalue weighted by atomic mass is 19.4. The van der Waals surface area contributed by atoms with Crippen LogP contribution in [-0.4, -0.2) is 6.18 Å². The molecule has 0 amide bonds. The van der Waals surface area contributed by atoms with Gasteiger partial charge in [0.2, 0.25) is 0 Å². The molecule has 0 unspecified atom stereocenters. The fourth-order valence-electron chi connectivity index (χ4n) is 5.00. The molecule has 0 heterocycles. The number of unbranched alkanes of at least 4 members (excludes halogenated alkanes) is 2. The summed E-state index contributed by atoms with van der Waals surface area (Å²) in [5, 5.41) is 0.0316. The topological polar surface area (TPSA) is 9.23 Å². The average molecular weight is 613 g/mol. The Labute approximate surface area is 248 Å². The van der Waals surface area contributed by atoms with Crippen LogP contribution in [0.2, 0.25) is 0 Å². The predicted molar refractivity (Wildman–Crippen MR) is 154 cm³/mol. The first-order chi connectivity index (χ1) is 20.9. The molecule has 0 fully saturated rings. The molecule has 0 aliphatic rings. The number of hydrogen-bond donors (Lipinski definition) is 0. The molecule has 0 aromatic heterocycles. The molecular weight excluding hydrogens is 588 g/mol. The van der Waals surface area contributed by atoms with Crippen LogP contribution in [0.3, 0.4) is 0 Å². The Bertz CT molecular complexity index is 1930. The molecule has 9 heteroatoms. The van der Waals surface area contributed by atoms with Gasteiger partial charge < -0.3 is 4.74 Å². The predicted octanol–water partition coefficient (Wildman–Crippen LogP) is 10.6. The van der Waals surface area contributed by atoms with Crippen LogP contribution < -0.4 is 4.74 Å². The first-order valence-corrected chi connectivity index (χ1v) is 13.8. The molecule has 0 aliphatic heterocycles. The lowest BCUT2D eigenvalue weighted by Gasteiger charge is -2.13. The summed E-state index contributed by atoms with van der Waals surface area (Å²) in [4.78, 5) is 0. The second-order valence-electron chi connectivity index (χ2n) is 10.3. The van der Waals surface area contributed by atoms with Crippen LogP contribution in [-0.2, 0) is 13.0 Å². The van der Waals surface area contributed by atoms with E-state index in [9.17, 15) is 26.3 Å². The van der Waals surface area contributed by atoms with Crippen molar-refractivity contribution >= 4 is 21.5 Å². The summed E-state index contributed by atoms with van der Waals surface area (Å²) in [6, 6.07) is 14.9. The van der Waals surface area contributed by atoms with Crippen LogP contribution in [0.25, 0.3) is 32.7 Å². The van der Waals surface area contributed by atoms with Gasteiger partial charge in [0.1, 0.15) is 41.4 Å². The monoisotopic (exact) mass is 612 g/mol. The minimum absolute atomic E-state index is 0.00767. The first-order valence-electron chi connectivity index (χ1n) is 13.8. The number of fused-ring (bicyclic) bond motifs is 2. The van der Waals surface area contributed by atoms with E-state index in [-0.39, 0.29) is 27.3 Å². The lowest BCUT2D eigenvalue weighted by atomic mass is 9.97. The zero-order valence-corrected chi connectivity index (χ0v) is 23.3. The third-order valence-corrected chi connectivity index (χ3v) is 7.25. The molecule has 1 nitrogen and oxygen atoms in total. The van der Waals surface area contributed by atoms with Crippen LogP contribution in [0.5, 0.6) is 5.75 Å². The molecule has 5 aromatic rings. The molecule has 0 saturated heterocycles. The normalized spacial score (nSPS) is 11.6. The number of rotatable bonds is 8. The molecule has 0 radical (unpaired) electrons. The summed E-state index contributed by atoms with van der Waals surface area (Å²) < 4.78 is 117. The number of hydrogen-bond acceptors (Lipinski definition) is 1. The van der Waals surface area contributed by atoms with E-state index in [4.69, 9.17) is 4.74 Å². The summed E-state index contributed by atoms with van der Waals surface area (Å²) in [5.74, 6) is -2.50. The highest BCUT2D eigenvalue weighted by molar-refractivity contribution is 5.89. The maximum absolute atomic E-state index is 15.4. The Kier molecular flexibility index (Phi) is 8.82. The molecule has 0 atom stereocenters. The highest BCUT2D eigenvalue weighted by Gasteiger charge is 2.24.